The van der Waals surface area contributed by atoms with Crippen LogP contribution < -0.4 is 0 Å². The molecule has 56 valence electrons. The van der Waals surface area contributed by atoms with Crippen LogP contribution in [-0.2, 0) is 9.53 Å². The second-order valence-electron chi connectivity index (χ2n) is 2.40. The zero-order valence-electron chi connectivity index (χ0n) is 6.09. The van der Waals surface area contributed by atoms with E-state index in [1.807, 2.05) is 6.92 Å². The molecular formula is C7H10O2S. The molecule has 0 aromatic heterocycles. The third-order valence-corrected chi connectivity index (χ3v) is 2.36. The first-order chi connectivity index (χ1) is 4.61. The number of carbonyl (C=O) groups is 1. The Labute approximate surface area is 64.6 Å². The molecule has 1 aliphatic heterocycles. The summed E-state index contributed by atoms with van der Waals surface area (Å²) >= 11 is 1.65. The van der Waals surface area contributed by atoms with Crippen LogP contribution in [0, 0.1) is 0 Å². The van der Waals surface area contributed by atoms with Gasteiger partial charge < -0.3 is 4.74 Å². The number of carbonyl (C=O) groups excluding carboxylic acids is 1. The number of hydrogen-bond acceptors (Lipinski definition) is 3. The highest BCUT2D eigenvalue weighted by atomic mass is 32.2. The van der Waals surface area contributed by atoms with Crippen LogP contribution in [0.2, 0.25) is 0 Å². The van der Waals surface area contributed by atoms with Crippen LogP contribution >= 0.6 is 11.8 Å². The summed E-state index contributed by atoms with van der Waals surface area (Å²) in [6.45, 7) is 7.16. The van der Waals surface area contributed by atoms with Crippen LogP contribution in [0.25, 0.3) is 0 Å². The first-order valence-corrected chi connectivity index (χ1v) is 4.07. The van der Waals surface area contributed by atoms with Gasteiger partial charge in [0.05, 0.1) is 5.25 Å². The third-order valence-electron chi connectivity index (χ3n) is 1.23. The van der Waals surface area contributed by atoms with E-state index in [1.165, 1.54) is 0 Å². The lowest BCUT2D eigenvalue weighted by molar-refractivity contribution is -0.139. The highest BCUT2D eigenvalue weighted by Crippen LogP contribution is 2.41. The van der Waals surface area contributed by atoms with E-state index in [1.54, 1.807) is 18.7 Å². The first kappa shape index (κ1) is 7.66. The monoisotopic (exact) mass is 158 g/mol. The van der Waals surface area contributed by atoms with Crippen molar-refractivity contribution in [2.45, 2.75) is 24.5 Å². The highest BCUT2D eigenvalue weighted by molar-refractivity contribution is 8.07. The Hall–Kier alpha value is -0.440. The highest BCUT2D eigenvalue weighted by Gasteiger charge is 2.37. The molecule has 3 heteroatoms. The Kier molecular flexibility index (Phi) is 2.04. The van der Waals surface area contributed by atoms with Gasteiger partial charge in [-0.1, -0.05) is 6.58 Å². The van der Waals surface area contributed by atoms with Crippen molar-refractivity contribution in [2.75, 3.05) is 0 Å². The lowest BCUT2D eigenvalue weighted by Crippen LogP contribution is -2.07. The van der Waals surface area contributed by atoms with Crippen molar-refractivity contribution in [2.24, 2.45) is 0 Å². The van der Waals surface area contributed by atoms with Gasteiger partial charge in [-0.25, -0.2) is 4.79 Å². The van der Waals surface area contributed by atoms with Crippen LogP contribution in [0.15, 0.2) is 12.2 Å². The Morgan fingerprint density at radius 3 is 2.50 bits per heavy atom. The van der Waals surface area contributed by atoms with Crippen LogP contribution in [0.4, 0.5) is 0 Å². The predicted octanol–water partition coefficient (Wildman–Crippen LogP) is 1.57. The van der Waals surface area contributed by atoms with Gasteiger partial charge in [0, 0.05) is 5.57 Å². The van der Waals surface area contributed by atoms with Gasteiger partial charge in [-0.05, 0) is 13.8 Å². The van der Waals surface area contributed by atoms with Gasteiger partial charge in [-0.2, -0.15) is 0 Å². The summed E-state index contributed by atoms with van der Waals surface area (Å²) in [6.07, 6.45) is 0. The third kappa shape index (κ3) is 1.77. The maximum absolute atomic E-state index is 10.8. The van der Waals surface area contributed by atoms with Crippen molar-refractivity contribution in [3.05, 3.63) is 12.2 Å². The minimum atomic E-state index is -0.276. The summed E-state index contributed by atoms with van der Waals surface area (Å²) in [5.41, 5.74) is 0.559. The maximum Gasteiger partial charge on any atom is 0.334 e. The second kappa shape index (κ2) is 2.66. The molecule has 0 bridgehead atoms. The minimum Gasteiger partial charge on any atom is -0.447 e. The molecule has 2 atom stereocenters. The lowest BCUT2D eigenvalue weighted by atomic mass is 10.4. The Morgan fingerprint density at radius 2 is 2.20 bits per heavy atom. The standard InChI is InChI=1S/C7H10O2S/c1-4(2)6(8)9-7-5(3)10-7/h5,7H,1H2,2-3H3. The molecule has 0 aromatic rings. The van der Waals surface area contributed by atoms with E-state index < -0.39 is 0 Å². The van der Waals surface area contributed by atoms with E-state index in [2.05, 4.69) is 6.58 Å². The second-order valence-corrected chi connectivity index (χ2v) is 3.88. The van der Waals surface area contributed by atoms with Gasteiger partial charge in [0.2, 0.25) is 0 Å². The molecule has 2 nitrogen and oxygen atoms in total. The molecule has 0 radical (unpaired) electrons. The maximum atomic E-state index is 10.8. The molecule has 0 aliphatic carbocycles. The number of rotatable bonds is 2. The van der Waals surface area contributed by atoms with E-state index in [0.29, 0.717) is 10.8 Å². The summed E-state index contributed by atoms with van der Waals surface area (Å²) in [5.74, 6) is -0.276. The molecule has 2 unspecified atom stereocenters. The molecule has 1 fully saturated rings. The Bertz CT molecular complexity index is 176. The fraction of sp³-hybridized carbons (Fsp3) is 0.571. The molecule has 1 aliphatic rings. The van der Waals surface area contributed by atoms with E-state index in [9.17, 15) is 4.79 Å². The predicted molar refractivity (Wildman–Crippen MR) is 41.7 cm³/mol. The normalized spacial score (nSPS) is 29.4. The van der Waals surface area contributed by atoms with Gasteiger partial charge in [-0.15, -0.1) is 11.8 Å². The van der Waals surface area contributed by atoms with Crippen molar-refractivity contribution < 1.29 is 9.53 Å². The van der Waals surface area contributed by atoms with Crippen molar-refractivity contribution >= 4 is 17.7 Å². The van der Waals surface area contributed by atoms with Crippen molar-refractivity contribution in [3.8, 4) is 0 Å². The smallest absolute Gasteiger partial charge is 0.334 e. The summed E-state index contributed by atoms with van der Waals surface area (Å²) in [5, 5.41) is 0.475. The molecular weight excluding hydrogens is 148 g/mol. The molecule has 10 heavy (non-hydrogen) atoms. The zero-order chi connectivity index (χ0) is 7.72. The summed E-state index contributed by atoms with van der Waals surface area (Å²) < 4.78 is 4.96. The summed E-state index contributed by atoms with van der Waals surface area (Å²) in [6, 6.07) is 0. The molecule has 0 amide bonds. The van der Waals surface area contributed by atoms with Crippen LogP contribution in [0.3, 0.4) is 0 Å². The lowest BCUT2D eigenvalue weighted by Gasteiger charge is -1.98. The fourth-order valence-corrected chi connectivity index (χ4v) is 1.03. The van der Waals surface area contributed by atoms with Crippen molar-refractivity contribution in [1.29, 1.82) is 0 Å². The van der Waals surface area contributed by atoms with Crippen LogP contribution in [0.5, 0.6) is 0 Å². The van der Waals surface area contributed by atoms with E-state index >= 15 is 0 Å². The number of ether oxygens (including phenoxy) is 1. The first-order valence-electron chi connectivity index (χ1n) is 3.13. The Balaban J connectivity index is 2.26. The van der Waals surface area contributed by atoms with Gasteiger partial charge in [0.15, 0.2) is 5.44 Å². The SMILES string of the molecule is C=C(C)C(=O)OC1SC1C. The molecule has 1 saturated heterocycles. The average Bonchev–Trinajstić information content (AvgIpc) is 2.46. The van der Waals surface area contributed by atoms with Gasteiger partial charge in [0.1, 0.15) is 0 Å². The number of hydrogen-bond donors (Lipinski definition) is 0. The van der Waals surface area contributed by atoms with Crippen molar-refractivity contribution in [1.82, 2.24) is 0 Å². The van der Waals surface area contributed by atoms with Gasteiger partial charge in [0.25, 0.3) is 0 Å². The topological polar surface area (TPSA) is 26.3 Å². The zero-order valence-corrected chi connectivity index (χ0v) is 6.90. The Morgan fingerprint density at radius 1 is 1.70 bits per heavy atom. The van der Waals surface area contributed by atoms with Gasteiger partial charge in [-0.3, -0.25) is 0 Å². The molecule has 1 rings (SSSR count). The fourth-order valence-electron chi connectivity index (χ4n) is 0.496. The molecule has 0 aromatic carbocycles. The number of thioether (sulfide) groups is 1. The van der Waals surface area contributed by atoms with Crippen LogP contribution in [0.1, 0.15) is 13.8 Å². The van der Waals surface area contributed by atoms with E-state index in [-0.39, 0.29) is 11.4 Å². The minimum absolute atomic E-state index is 0.0872. The molecule has 1 heterocycles. The average molecular weight is 158 g/mol. The number of esters is 1. The summed E-state index contributed by atoms with van der Waals surface area (Å²) in [7, 11) is 0. The largest absolute Gasteiger partial charge is 0.447 e. The van der Waals surface area contributed by atoms with E-state index in [4.69, 9.17) is 4.74 Å². The van der Waals surface area contributed by atoms with Gasteiger partial charge >= 0.3 is 5.97 Å². The van der Waals surface area contributed by atoms with Crippen LogP contribution in [-0.4, -0.2) is 16.7 Å². The van der Waals surface area contributed by atoms with E-state index in [0.717, 1.165) is 0 Å². The molecule has 0 N–H and O–H groups in total. The summed E-state index contributed by atoms with van der Waals surface area (Å²) in [4.78, 5) is 10.8. The molecule has 0 saturated carbocycles. The van der Waals surface area contributed by atoms with Crippen molar-refractivity contribution in [3.63, 3.8) is 0 Å². The quantitative estimate of drug-likeness (QED) is 0.346. The molecule has 0 spiro atoms.